The fraction of sp³-hybridized carbons (Fsp3) is 0.143. The first-order chi connectivity index (χ1) is 7.86. The lowest BCUT2D eigenvalue weighted by atomic mass is 10.0. The molecule has 0 atom stereocenters. The number of benzene rings is 2. The van der Waals surface area contributed by atoms with E-state index in [1.54, 1.807) is 7.11 Å². The summed E-state index contributed by atoms with van der Waals surface area (Å²) in [4.78, 5) is 0. The van der Waals surface area contributed by atoms with Crippen molar-refractivity contribution in [3.05, 3.63) is 42.0 Å². The molecule has 0 amide bonds. The quantitative estimate of drug-likeness (QED) is 0.734. The lowest BCUT2D eigenvalue weighted by Gasteiger charge is -2.06. The van der Waals surface area contributed by atoms with Gasteiger partial charge in [-0.3, -0.25) is 0 Å². The van der Waals surface area contributed by atoms with Crippen LogP contribution in [0.15, 0.2) is 36.4 Å². The molecule has 0 saturated carbocycles. The summed E-state index contributed by atoms with van der Waals surface area (Å²) in [5, 5.41) is 10.9. The highest BCUT2D eigenvalue weighted by Crippen LogP contribution is 2.26. The fourth-order valence-electron chi connectivity index (χ4n) is 1.68. The molecule has 0 heterocycles. The molecule has 0 radical (unpaired) electrons. The van der Waals surface area contributed by atoms with E-state index >= 15 is 0 Å². The van der Waals surface area contributed by atoms with E-state index in [2.05, 4.69) is 11.8 Å². The Labute approximate surface area is 94.5 Å². The van der Waals surface area contributed by atoms with Crippen molar-refractivity contribution in [1.29, 1.82) is 0 Å². The second-order valence-corrected chi connectivity index (χ2v) is 3.32. The Morgan fingerprint density at radius 1 is 1.19 bits per heavy atom. The van der Waals surface area contributed by atoms with Crippen molar-refractivity contribution in [3.63, 3.8) is 0 Å². The number of methoxy groups -OCH3 is 1. The van der Waals surface area contributed by atoms with E-state index in [4.69, 9.17) is 9.84 Å². The summed E-state index contributed by atoms with van der Waals surface area (Å²) in [6.07, 6.45) is 0. The molecular weight excluding hydrogens is 200 g/mol. The van der Waals surface area contributed by atoms with Crippen molar-refractivity contribution in [2.75, 3.05) is 13.7 Å². The van der Waals surface area contributed by atoms with Gasteiger partial charge >= 0.3 is 0 Å². The van der Waals surface area contributed by atoms with Crippen LogP contribution in [0.3, 0.4) is 0 Å². The normalized spacial score (nSPS) is 9.62. The number of fused-ring (bicyclic) bond motifs is 1. The van der Waals surface area contributed by atoms with Crippen LogP contribution in [0.2, 0.25) is 0 Å². The highest BCUT2D eigenvalue weighted by Gasteiger charge is 2.04. The first-order valence-electron chi connectivity index (χ1n) is 5.02. The molecule has 0 aliphatic rings. The largest absolute Gasteiger partial charge is 0.495 e. The molecule has 0 fully saturated rings. The van der Waals surface area contributed by atoms with Gasteiger partial charge in [0.1, 0.15) is 12.4 Å². The average molecular weight is 212 g/mol. The van der Waals surface area contributed by atoms with Crippen LogP contribution in [0.5, 0.6) is 5.75 Å². The molecule has 2 nitrogen and oxygen atoms in total. The number of rotatable bonds is 1. The van der Waals surface area contributed by atoms with Crippen molar-refractivity contribution in [1.82, 2.24) is 0 Å². The minimum Gasteiger partial charge on any atom is -0.495 e. The van der Waals surface area contributed by atoms with Crippen LogP contribution in [0.25, 0.3) is 10.8 Å². The summed E-state index contributed by atoms with van der Waals surface area (Å²) in [6, 6.07) is 11.9. The van der Waals surface area contributed by atoms with E-state index in [0.29, 0.717) is 0 Å². The highest BCUT2D eigenvalue weighted by atomic mass is 16.5. The predicted octanol–water partition coefficient (Wildman–Crippen LogP) is 2.19. The van der Waals surface area contributed by atoms with Crippen LogP contribution in [0.1, 0.15) is 5.56 Å². The zero-order valence-corrected chi connectivity index (χ0v) is 9.03. The van der Waals surface area contributed by atoms with Crippen LogP contribution < -0.4 is 4.74 Å². The molecular formula is C14H12O2. The summed E-state index contributed by atoms with van der Waals surface area (Å²) in [6.45, 7) is -0.146. The molecule has 0 spiro atoms. The SMILES string of the molecule is COc1ccc2ccccc2c1C#CCO. The van der Waals surface area contributed by atoms with Crippen LogP contribution in [-0.2, 0) is 0 Å². The highest BCUT2D eigenvalue weighted by molar-refractivity contribution is 5.90. The Kier molecular flexibility index (Phi) is 3.09. The smallest absolute Gasteiger partial charge is 0.135 e. The fourth-order valence-corrected chi connectivity index (χ4v) is 1.68. The minimum atomic E-state index is -0.146. The van der Waals surface area contributed by atoms with Gasteiger partial charge < -0.3 is 9.84 Å². The van der Waals surface area contributed by atoms with Gasteiger partial charge in [-0.1, -0.05) is 42.2 Å². The molecule has 0 saturated heterocycles. The van der Waals surface area contributed by atoms with Gasteiger partial charge in [0.2, 0.25) is 0 Å². The summed E-state index contributed by atoms with van der Waals surface area (Å²) >= 11 is 0. The van der Waals surface area contributed by atoms with E-state index in [1.807, 2.05) is 36.4 Å². The predicted molar refractivity (Wildman–Crippen MR) is 64.5 cm³/mol. The molecule has 0 aliphatic heterocycles. The van der Waals surface area contributed by atoms with E-state index in [-0.39, 0.29) is 6.61 Å². The maximum atomic E-state index is 8.75. The molecule has 0 aliphatic carbocycles. The first kappa shape index (κ1) is 10.5. The van der Waals surface area contributed by atoms with Gasteiger partial charge in [0.25, 0.3) is 0 Å². The molecule has 0 unspecified atom stereocenters. The molecule has 80 valence electrons. The van der Waals surface area contributed by atoms with Crippen LogP contribution in [0.4, 0.5) is 0 Å². The van der Waals surface area contributed by atoms with Crippen LogP contribution >= 0.6 is 0 Å². The average Bonchev–Trinajstić information content (AvgIpc) is 2.35. The second kappa shape index (κ2) is 4.69. The summed E-state index contributed by atoms with van der Waals surface area (Å²) in [7, 11) is 1.62. The standard InChI is InChI=1S/C14H12O2/c1-16-14-9-8-11-5-2-3-6-12(11)13(14)7-4-10-15/h2-3,5-6,8-9,15H,10H2,1H3. The zero-order valence-electron chi connectivity index (χ0n) is 9.03. The molecule has 1 N–H and O–H groups in total. The molecule has 2 rings (SSSR count). The summed E-state index contributed by atoms with van der Waals surface area (Å²) in [5.74, 6) is 6.32. The molecule has 2 heteroatoms. The third kappa shape index (κ3) is 1.86. The Morgan fingerprint density at radius 2 is 2.00 bits per heavy atom. The van der Waals surface area contributed by atoms with Gasteiger partial charge in [-0.15, -0.1) is 0 Å². The maximum Gasteiger partial charge on any atom is 0.135 e. The van der Waals surface area contributed by atoms with Crippen molar-refractivity contribution in [3.8, 4) is 17.6 Å². The van der Waals surface area contributed by atoms with Crippen molar-refractivity contribution in [2.45, 2.75) is 0 Å². The van der Waals surface area contributed by atoms with E-state index in [1.165, 1.54) is 0 Å². The molecule has 0 bridgehead atoms. The lowest BCUT2D eigenvalue weighted by Crippen LogP contribution is -1.89. The molecule has 2 aromatic rings. The van der Waals surface area contributed by atoms with Crippen molar-refractivity contribution in [2.24, 2.45) is 0 Å². The number of ether oxygens (including phenoxy) is 1. The number of hydrogen-bond donors (Lipinski definition) is 1. The number of aliphatic hydroxyl groups excluding tert-OH is 1. The summed E-state index contributed by atoms with van der Waals surface area (Å²) in [5.41, 5.74) is 0.828. The topological polar surface area (TPSA) is 29.5 Å². The minimum absolute atomic E-state index is 0.146. The number of hydrogen-bond acceptors (Lipinski definition) is 2. The van der Waals surface area contributed by atoms with Crippen molar-refractivity contribution >= 4 is 10.8 Å². The Balaban J connectivity index is 2.73. The Morgan fingerprint density at radius 3 is 2.75 bits per heavy atom. The second-order valence-electron chi connectivity index (χ2n) is 3.32. The van der Waals surface area contributed by atoms with Crippen LogP contribution in [-0.4, -0.2) is 18.8 Å². The van der Waals surface area contributed by atoms with E-state index < -0.39 is 0 Å². The van der Waals surface area contributed by atoms with Gasteiger partial charge in [-0.25, -0.2) is 0 Å². The van der Waals surface area contributed by atoms with Crippen molar-refractivity contribution < 1.29 is 9.84 Å². The van der Waals surface area contributed by atoms with Gasteiger partial charge in [-0.2, -0.15) is 0 Å². The molecule has 16 heavy (non-hydrogen) atoms. The lowest BCUT2D eigenvalue weighted by molar-refractivity contribution is 0.350. The molecule has 0 aromatic heterocycles. The van der Waals surface area contributed by atoms with E-state index in [9.17, 15) is 0 Å². The monoisotopic (exact) mass is 212 g/mol. The van der Waals surface area contributed by atoms with E-state index in [0.717, 1.165) is 22.1 Å². The zero-order chi connectivity index (χ0) is 11.4. The van der Waals surface area contributed by atoms with Gasteiger partial charge in [-0.05, 0) is 11.5 Å². The summed E-state index contributed by atoms with van der Waals surface area (Å²) < 4.78 is 5.27. The Bertz CT molecular complexity index is 562. The van der Waals surface area contributed by atoms with Crippen LogP contribution in [0, 0.1) is 11.8 Å². The third-order valence-corrected chi connectivity index (χ3v) is 2.40. The molecule has 2 aromatic carbocycles. The van der Waals surface area contributed by atoms with Gasteiger partial charge in [0.05, 0.1) is 12.7 Å². The third-order valence-electron chi connectivity index (χ3n) is 2.40. The Hall–Kier alpha value is -1.98. The van der Waals surface area contributed by atoms with Gasteiger partial charge in [0.15, 0.2) is 0 Å². The van der Waals surface area contributed by atoms with Gasteiger partial charge in [0, 0.05) is 5.39 Å². The maximum absolute atomic E-state index is 8.75. The first-order valence-corrected chi connectivity index (χ1v) is 5.02. The number of aliphatic hydroxyl groups is 1.